The summed E-state index contributed by atoms with van der Waals surface area (Å²) in [5, 5.41) is 0.750. The fraction of sp³-hybridized carbons (Fsp3) is 0.0667. The van der Waals surface area contributed by atoms with Crippen LogP contribution in [0.15, 0.2) is 85.4 Å². The summed E-state index contributed by atoms with van der Waals surface area (Å²) in [5.41, 5.74) is 3.82. The second-order valence-corrected chi connectivity index (χ2v) is 8.90. The van der Waals surface area contributed by atoms with Gasteiger partial charge in [0.25, 0.3) is 23.6 Å². The van der Waals surface area contributed by atoms with Gasteiger partial charge < -0.3 is 0 Å². The first-order valence-electron chi connectivity index (χ1n) is 11.6. The summed E-state index contributed by atoms with van der Waals surface area (Å²) < 4.78 is 0. The van der Waals surface area contributed by atoms with Crippen LogP contribution in [0, 0.1) is 0 Å². The molecule has 0 fully saturated rings. The smallest absolute Gasteiger partial charge is 0.261 e. The SMILES string of the molecule is C=Cc1ccc(CN2C(=O)c3ccc4c5c(ccc(c35)C2=O)C(=O)N(Cc2ccccc2)C4=O)cc1. The van der Waals surface area contributed by atoms with Gasteiger partial charge >= 0.3 is 0 Å². The molecule has 0 atom stereocenters. The molecule has 6 nitrogen and oxygen atoms in total. The Morgan fingerprint density at radius 3 is 1.31 bits per heavy atom. The Hall–Kier alpha value is -4.84. The minimum atomic E-state index is -0.449. The average molecular weight is 473 g/mol. The highest BCUT2D eigenvalue weighted by Crippen LogP contribution is 2.38. The molecule has 174 valence electrons. The molecule has 0 N–H and O–H groups in total. The second kappa shape index (κ2) is 8.13. The van der Waals surface area contributed by atoms with Crippen LogP contribution in [0.3, 0.4) is 0 Å². The summed E-state index contributed by atoms with van der Waals surface area (Å²) >= 11 is 0. The van der Waals surface area contributed by atoms with Crippen LogP contribution in [-0.2, 0) is 13.1 Å². The monoisotopic (exact) mass is 472 g/mol. The predicted molar refractivity (Wildman–Crippen MR) is 135 cm³/mol. The lowest BCUT2D eigenvalue weighted by molar-refractivity contribution is 0.0577. The van der Waals surface area contributed by atoms with Crippen molar-refractivity contribution < 1.29 is 19.2 Å². The number of imide groups is 2. The molecular formula is C30H20N2O4. The molecule has 6 heteroatoms. The quantitative estimate of drug-likeness (QED) is 0.380. The van der Waals surface area contributed by atoms with Gasteiger partial charge in [0.1, 0.15) is 0 Å². The number of benzene rings is 4. The van der Waals surface area contributed by atoms with Crippen LogP contribution in [0.2, 0.25) is 0 Å². The number of carbonyl (C=O) groups is 4. The Labute approximate surface area is 207 Å². The summed E-state index contributed by atoms with van der Waals surface area (Å²) in [6.07, 6.45) is 1.72. The van der Waals surface area contributed by atoms with Crippen molar-refractivity contribution in [2.45, 2.75) is 13.1 Å². The van der Waals surface area contributed by atoms with E-state index in [0.29, 0.717) is 33.0 Å². The van der Waals surface area contributed by atoms with E-state index < -0.39 is 23.6 Å². The highest BCUT2D eigenvalue weighted by Gasteiger charge is 2.39. The third-order valence-corrected chi connectivity index (χ3v) is 6.80. The molecule has 0 saturated heterocycles. The van der Waals surface area contributed by atoms with E-state index >= 15 is 0 Å². The molecule has 0 aromatic heterocycles. The lowest BCUT2D eigenvalue weighted by Gasteiger charge is -2.32. The standard InChI is InChI=1S/C30H20N2O4/c1-2-18-8-10-20(11-9-18)17-32-29(35)23-14-12-21-25-22(13-15-24(26(23)25)30(32)36)28(34)31(27(21)33)16-19-6-4-3-5-7-19/h2-15H,1,16-17H2. The van der Waals surface area contributed by atoms with Crippen LogP contribution >= 0.6 is 0 Å². The molecule has 2 aliphatic rings. The van der Waals surface area contributed by atoms with Gasteiger partial charge in [-0.05, 0) is 41.0 Å². The van der Waals surface area contributed by atoms with Gasteiger partial charge in [0.05, 0.1) is 13.1 Å². The lowest BCUT2D eigenvalue weighted by Crippen LogP contribution is -2.42. The largest absolute Gasteiger partial charge is 0.270 e. The van der Waals surface area contributed by atoms with E-state index in [1.54, 1.807) is 30.3 Å². The van der Waals surface area contributed by atoms with Crippen molar-refractivity contribution in [2.75, 3.05) is 0 Å². The van der Waals surface area contributed by atoms with Crippen molar-refractivity contribution in [3.05, 3.63) is 124 Å². The van der Waals surface area contributed by atoms with E-state index in [0.717, 1.165) is 16.7 Å². The van der Waals surface area contributed by atoms with Gasteiger partial charge in [-0.25, -0.2) is 0 Å². The molecule has 0 spiro atoms. The summed E-state index contributed by atoms with van der Waals surface area (Å²) in [7, 11) is 0. The molecular weight excluding hydrogens is 452 g/mol. The van der Waals surface area contributed by atoms with E-state index in [-0.39, 0.29) is 13.1 Å². The molecule has 0 radical (unpaired) electrons. The van der Waals surface area contributed by atoms with Crippen LogP contribution in [0.5, 0.6) is 0 Å². The molecule has 6 rings (SSSR count). The summed E-state index contributed by atoms with van der Waals surface area (Å²) in [5.74, 6) is -1.78. The molecule has 2 aliphatic heterocycles. The van der Waals surface area contributed by atoms with E-state index in [9.17, 15) is 19.2 Å². The van der Waals surface area contributed by atoms with Crippen molar-refractivity contribution in [2.24, 2.45) is 0 Å². The van der Waals surface area contributed by atoms with Crippen LogP contribution in [0.4, 0.5) is 0 Å². The molecule has 0 bridgehead atoms. The highest BCUT2D eigenvalue weighted by molar-refractivity contribution is 6.33. The van der Waals surface area contributed by atoms with E-state index in [1.807, 2.05) is 54.6 Å². The van der Waals surface area contributed by atoms with Gasteiger partial charge in [0.2, 0.25) is 0 Å². The van der Waals surface area contributed by atoms with Crippen LogP contribution in [0.1, 0.15) is 58.1 Å². The third-order valence-electron chi connectivity index (χ3n) is 6.80. The van der Waals surface area contributed by atoms with E-state index in [1.165, 1.54) is 9.80 Å². The fourth-order valence-electron chi connectivity index (χ4n) is 4.97. The number of hydrogen-bond donors (Lipinski definition) is 0. The Kier molecular flexibility index (Phi) is 4.90. The average Bonchev–Trinajstić information content (AvgIpc) is 2.91. The molecule has 4 aromatic carbocycles. The minimum Gasteiger partial charge on any atom is -0.270 e. The van der Waals surface area contributed by atoms with Crippen molar-refractivity contribution >= 4 is 40.5 Å². The topological polar surface area (TPSA) is 74.8 Å². The summed E-state index contributed by atoms with van der Waals surface area (Å²) in [6.45, 7) is 3.99. The maximum absolute atomic E-state index is 13.4. The zero-order valence-electron chi connectivity index (χ0n) is 19.2. The predicted octanol–water partition coefficient (Wildman–Crippen LogP) is 5.08. The van der Waals surface area contributed by atoms with Gasteiger partial charge in [-0.1, -0.05) is 67.3 Å². The Bertz CT molecular complexity index is 1550. The number of rotatable bonds is 5. The van der Waals surface area contributed by atoms with Crippen molar-refractivity contribution in [3.63, 3.8) is 0 Å². The molecule has 4 aromatic rings. The fourth-order valence-corrected chi connectivity index (χ4v) is 4.97. The Morgan fingerprint density at radius 2 is 0.917 bits per heavy atom. The van der Waals surface area contributed by atoms with Gasteiger partial charge in [0.15, 0.2) is 0 Å². The molecule has 36 heavy (non-hydrogen) atoms. The van der Waals surface area contributed by atoms with E-state index in [4.69, 9.17) is 0 Å². The third kappa shape index (κ3) is 3.19. The number of hydrogen-bond acceptors (Lipinski definition) is 4. The summed E-state index contributed by atoms with van der Waals surface area (Å²) in [6, 6.07) is 23.1. The normalized spacial score (nSPS) is 14.6. The Morgan fingerprint density at radius 1 is 0.528 bits per heavy atom. The van der Waals surface area contributed by atoms with Crippen molar-refractivity contribution in [1.82, 2.24) is 9.80 Å². The zero-order chi connectivity index (χ0) is 25.0. The number of nitrogens with zero attached hydrogens (tertiary/aromatic N) is 2. The molecule has 0 saturated carbocycles. The van der Waals surface area contributed by atoms with Gasteiger partial charge in [-0.15, -0.1) is 0 Å². The Balaban J connectivity index is 1.42. The van der Waals surface area contributed by atoms with Gasteiger partial charge in [-0.2, -0.15) is 0 Å². The highest BCUT2D eigenvalue weighted by atomic mass is 16.2. The first-order valence-corrected chi connectivity index (χ1v) is 11.6. The van der Waals surface area contributed by atoms with Crippen LogP contribution in [-0.4, -0.2) is 33.4 Å². The maximum atomic E-state index is 13.4. The first kappa shape index (κ1) is 21.7. The van der Waals surface area contributed by atoms with Gasteiger partial charge in [-0.3, -0.25) is 29.0 Å². The van der Waals surface area contributed by atoms with Crippen LogP contribution in [0.25, 0.3) is 16.8 Å². The molecule has 0 aliphatic carbocycles. The number of amides is 4. The van der Waals surface area contributed by atoms with Crippen LogP contribution < -0.4 is 0 Å². The molecule has 2 heterocycles. The maximum Gasteiger partial charge on any atom is 0.261 e. The molecule has 0 unspecified atom stereocenters. The van der Waals surface area contributed by atoms with E-state index in [2.05, 4.69) is 6.58 Å². The lowest BCUT2D eigenvalue weighted by atomic mass is 9.85. The van der Waals surface area contributed by atoms with Crippen molar-refractivity contribution in [3.8, 4) is 0 Å². The summed E-state index contributed by atoms with van der Waals surface area (Å²) in [4.78, 5) is 56.1. The zero-order valence-corrected chi connectivity index (χ0v) is 19.2. The molecule has 4 amide bonds. The number of carbonyl (C=O) groups excluding carboxylic acids is 4. The first-order chi connectivity index (χ1) is 17.5. The minimum absolute atomic E-state index is 0.113. The van der Waals surface area contributed by atoms with Gasteiger partial charge in [0, 0.05) is 33.0 Å². The van der Waals surface area contributed by atoms with Crippen molar-refractivity contribution in [1.29, 1.82) is 0 Å². The second-order valence-electron chi connectivity index (χ2n) is 8.90.